The van der Waals surface area contributed by atoms with Crippen molar-refractivity contribution < 1.29 is 28.6 Å². The Hall–Kier alpha value is -2.94. The van der Waals surface area contributed by atoms with Crippen molar-refractivity contribution in [1.82, 2.24) is 15.1 Å². The van der Waals surface area contributed by atoms with Gasteiger partial charge in [-0.05, 0) is 24.6 Å². The van der Waals surface area contributed by atoms with E-state index < -0.39 is 35.0 Å². The van der Waals surface area contributed by atoms with E-state index in [0.717, 1.165) is 0 Å². The van der Waals surface area contributed by atoms with Gasteiger partial charge in [-0.25, -0.2) is 4.39 Å². The molecule has 2 amide bonds. The summed E-state index contributed by atoms with van der Waals surface area (Å²) in [5.41, 5.74) is -0.963. The standard InChI is InChI=1S/C19H20FN3O5/c1-19(18(27)21-8-11-2-4-12(20)5-3-11)10-22-9-13-23(6-7-28-13)17(26)14(22)15(24)16(19)25/h2-5,13,24H,6-10H2,1H3,(H,21,27)/t13-,19?/m1/s1. The number of halogens is 1. The number of benzene rings is 1. The molecule has 3 aliphatic heterocycles. The molecule has 0 saturated carbocycles. The molecule has 1 unspecified atom stereocenters. The Labute approximate surface area is 160 Å². The number of ether oxygens (including phenoxy) is 1. The Morgan fingerprint density at radius 1 is 1.36 bits per heavy atom. The topological polar surface area (TPSA) is 99.2 Å². The molecular formula is C19H20FN3O5. The minimum atomic E-state index is -1.56. The van der Waals surface area contributed by atoms with Crippen LogP contribution < -0.4 is 5.32 Å². The lowest BCUT2D eigenvalue weighted by Gasteiger charge is -2.45. The predicted molar refractivity (Wildman–Crippen MR) is 94.0 cm³/mol. The third-order valence-electron chi connectivity index (χ3n) is 5.46. The minimum absolute atomic E-state index is 0.0417. The average Bonchev–Trinajstić information content (AvgIpc) is 3.14. The van der Waals surface area contributed by atoms with Gasteiger partial charge in [0.05, 0.1) is 13.2 Å². The normalized spacial score (nSPS) is 27.0. The van der Waals surface area contributed by atoms with Gasteiger partial charge in [0.2, 0.25) is 11.7 Å². The molecule has 0 aliphatic carbocycles. The summed E-state index contributed by atoms with van der Waals surface area (Å²) in [5, 5.41) is 13.1. The molecule has 0 bridgehead atoms. The summed E-state index contributed by atoms with van der Waals surface area (Å²) in [6.07, 6.45) is -0.455. The molecule has 28 heavy (non-hydrogen) atoms. The Morgan fingerprint density at radius 2 is 2.07 bits per heavy atom. The maximum absolute atomic E-state index is 13.0. The summed E-state index contributed by atoms with van der Waals surface area (Å²) in [5.74, 6) is -2.91. The molecule has 3 heterocycles. The van der Waals surface area contributed by atoms with E-state index in [4.69, 9.17) is 4.74 Å². The Kier molecular flexibility index (Phi) is 4.34. The summed E-state index contributed by atoms with van der Waals surface area (Å²) in [4.78, 5) is 41.2. The number of aliphatic hydroxyl groups is 1. The lowest BCUT2D eigenvalue weighted by atomic mass is 9.79. The van der Waals surface area contributed by atoms with Gasteiger partial charge in [-0.15, -0.1) is 0 Å². The number of rotatable bonds is 3. The van der Waals surface area contributed by atoms with E-state index in [0.29, 0.717) is 18.7 Å². The summed E-state index contributed by atoms with van der Waals surface area (Å²) in [6.45, 7) is 2.57. The maximum Gasteiger partial charge on any atom is 0.276 e. The zero-order chi connectivity index (χ0) is 20.1. The molecule has 0 spiro atoms. The van der Waals surface area contributed by atoms with Crippen LogP contribution in [-0.2, 0) is 25.7 Å². The maximum atomic E-state index is 13.0. The van der Waals surface area contributed by atoms with Crippen molar-refractivity contribution in [2.75, 3.05) is 26.2 Å². The van der Waals surface area contributed by atoms with Crippen LogP contribution >= 0.6 is 0 Å². The van der Waals surface area contributed by atoms with Crippen molar-refractivity contribution >= 4 is 17.6 Å². The molecule has 1 aromatic rings. The van der Waals surface area contributed by atoms with Crippen molar-refractivity contribution in [3.8, 4) is 0 Å². The van der Waals surface area contributed by atoms with Crippen molar-refractivity contribution in [2.24, 2.45) is 5.41 Å². The number of aliphatic hydroxyl groups excluding tert-OH is 1. The van der Waals surface area contributed by atoms with Crippen LogP contribution in [0.25, 0.3) is 0 Å². The van der Waals surface area contributed by atoms with Gasteiger partial charge in [-0.2, -0.15) is 0 Å². The van der Waals surface area contributed by atoms with E-state index in [1.54, 1.807) is 4.90 Å². The number of ketones is 1. The molecular weight excluding hydrogens is 369 g/mol. The summed E-state index contributed by atoms with van der Waals surface area (Å²) in [7, 11) is 0. The van der Waals surface area contributed by atoms with Crippen molar-refractivity contribution in [2.45, 2.75) is 19.7 Å². The first-order valence-corrected chi connectivity index (χ1v) is 8.99. The molecule has 0 radical (unpaired) electrons. The highest BCUT2D eigenvalue weighted by Crippen LogP contribution is 2.36. The van der Waals surface area contributed by atoms with E-state index >= 15 is 0 Å². The predicted octanol–water partition coefficient (Wildman–Crippen LogP) is 0.301. The first-order chi connectivity index (χ1) is 13.3. The minimum Gasteiger partial charge on any atom is -0.503 e. The number of fused-ring (bicyclic) bond motifs is 2. The highest BCUT2D eigenvalue weighted by molar-refractivity contribution is 6.16. The Balaban J connectivity index is 1.55. The number of hydrogen-bond acceptors (Lipinski definition) is 6. The first-order valence-electron chi connectivity index (χ1n) is 8.99. The second-order valence-corrected chi connectivity index (χ2v) is 7.37. The van der Waals surface area contributed by atoms with Gasteiger partial charge in [0, 0.05) is 19.6 Å². The van der Waals surface area contributed by atoms with E-state index in [1.165, 1.54) is 36.1 Å². The number of amides is 2. The summed E-state index contributed by atoms with van der Waals surface area (Å²) in [6, 6.07) is 5.63. The largest absolute Gasteiger partial charge is 0.503 e. The van der Waals surface area contributed by atoms with Crippen molar-refractivity contribution in [3.05, 3.63) is 47.1 Å². The van der Waals surface area contributed by atoms with E-state index in [1.807, 2.05) is 0 Å². The summed E-state index contributed by atoms with van der Waals surface area (Å²) < 4.78 is 18.5. The SMILES string of the molecule is CC1(C(=O)NCc2ccc(F)cc2)CN2C[C@H]3OCCN3C(=O)C2=C(O)C1=O. The van der Waals surface area contributed by atoms with Gasteiger partial charge in [-0.3, -0.25) is 14.4 Å². The fourth-order valence-corrected chi connectivity index (χ4v) is 3.83. The Morgan fingerprint density at radius 3 is 2.79 bits per heavy atom. The third-order valence-corrected chi connectivity index (χ3v) is 5.46. The number of carbonyl (C=O) groups excluding carboxylic acids is 3. The number of Topliss-reactive ketones (excluding diaryl/α,β-unsaturated/α-hetero) is 1. The van der Waals surface area contributed by atoms with Crippen LogP contribution in [0.5, 0.6) is 0 Å². The lowest BCUT2D eigenvalue weighted by molar-refractivity contribution is -0.151. The zero-order valence-electron chi connectivity index (χ0n) is 15.3. The monoisotopic (exact) mass is 389 g/mol. The average molecular weight is 389 g/mol. The highest BCUT2D eigenvalue weighted by atomic mass is 19.1. The molecule has 4 rings (SSSR count). The number of nitrogens with one attached hydrogen (secondary N) is 1. The van der Waals surface area contributed by atoms with Crippen molar-refractivity contribution in [3.63, 3.8) is 0 Å². The van der Waals surface area contributed by atoms with Crippen LogP contribution in [-0.4, -0.2) is 65.0 Å². The number of carbonyl (C=O) groups is 3. The number of piperazine rings is 1. The second-order valence-electron chi connectivity index (χ2n) is 7.37. The molecule has 2 fully saturated rings. The van der Waals surface area contributed by atoms with Crippen LogP contribution in [0.4, 0.5) is 4.39 Å². The number of hydrogen-bond donors (Lipinski definition) is 2. The summed E-state index contributed by atoms with van der Waals surface area (Å²) >= 11 is 0. The number of nitrogens with zero attached hydrogens (tertiary/aromatic N) is 2. The van der Waals surface area contributed by atoms with Gasteiger partial charge in [-0.1, -0.05) is 12.1 Å². The van der Waals surface area contributed by atoms with Crippen LogP contribution in [0.3, 0.4) is 0 Å². The van der Waals surface area contributed by atoms with Crippen molar-refractivity contribution in [1.29, 1.82) is 0 Å². The van der Waals surface area contributed by atoms with E-state index in [-0.39, 0.29) is 31.1 Å². The fourth-order valence-electron chi connectivity index (χ4n) is 3.83. The van der Waals surface area contributed by atoms with E-state index in [2.05, 4.69) is 5.32 Å². The molecule has 148 valence electrons. The second kappa shape index (κ2) is 6.59. The van der Waals surface area contributed by atoms with Gasteiger partial charge in [0.1, 0.15) is 23.2 Å². The lowest BCUT2D eigenvalue weighted by Crippen LogP contribution is -2.61. The molecule has 2 atom stereocenters. The van der Waals surface area contributed by atoms with Gasteiger partial charge < -0.3 is 25.0 Å². The van der Waals surface area contributed by atoms with E-state index in [9.17, 15) is 23.9 Å². The van der Waals surface area contributed by atoms with Gasteiger partial charge >= 0.3 is 0 Å². The van der Waals surface area contributed by atoms with Crippen LogP contribution in [0, 0.1) is 11.2 Å². The third kappa shape index (κ3) is 2.82. The van der Waals surface area contributed by atoms with Crippen LogP contribution in [0.2, 0.25) is 0 Å². The van der Waals surface area contributed by atoms with Crippen LogP contribution in [0.1, 0.15) is 12.5 Å². The Bertz CT molecular complexity index is 884. The molecule has 9 heteroatoms. The fraction of sp³-hybridized carbons (Fsp3) is 0.421. The molecule has 8 nitrogen and oxygen atoms in total. The first kappa shape index (κ1) is 18.4. The molecule has 2 N–H and O–H groups in total. The van der Waals surface area contributed by atoms with Gasteiger partial charge in [0.15, 0.2) is 5.76 Å². The molecule has 1 aromatic carbocycles. The molecule has 2 saturated heterocycles. The number of allylic oxidation sites excluding steroid dienone is 1. The smallest absolute Gasteiger partial charge is 0.276 e. The highest BCUT2D eigenvalue weighted by Gasteiger charge is 2.54. The quantitative estimate of drug-likeness (QED) is 0.722. The molecule has 0 aromatic heterocycles. The zero-order valence-corrected chi connectivity index (χ0v) is 15.3. The van der Waals surface area contributed by atoms with Gasteiger partial charge in [0.25, 0.3) is 5.91 Å². The molecule has 3 aliphatic rings. The van der Waals surface area contributed by atoms with Crippen LogP contribution in [0.15, 0.2) is 35.7 Å².